The number of benzene rings is 1. The zero-order valence-electron chi connectivity index (χ0n) is 11.2. The number of halogens is 4. The van der Waals surface area contributed by atoms with Crippen LogP contribution in [0.4, 0.5) is 18.9 Å². The highest BCUT2D eigenvalue weighted by Crippen LogP contribution is 2.38. The Morgan fingerprint density at radius 3 is 2.68 bits per heavy atom. The van der Waals surface area contributed by atoms with Crippen LogP contribution >= 0.6 is 23.4 Å². The number of hydrogen-bond donors (Lipinski definition) is 1. The molecule has 0 aliphatic heterocycles. The minimum Gasteiger partial charge on any atom is -0.322 e. The number of nitrogens with zero attached hydrogens (tertiary/aromatic N) is 1. The molecule has 116 valence electrons. The lowest BCUT2D eigenvalue weighted by molar-refractivity contribution is -0.0328. The van der Waals surface area contributed by atoms with Crippen LogP contribution in [0.1, 0.15) is 15.9 Å². The van der Waals surface area contributed by atoms with Crippen LogP contribution < -0.4 is 5.32 Å². The van der Waals surface area contributed by atoms with Crippen LogP contribution in [-0.4, -0.2) is 16.4 Å². The van der Waals surface area contributed by atoms with Crippen LogP contribution in [-0.2, 0) is 0 Å². The van der Waals surface area contributed by atoms with E-state index in [9.17, 15) is 18.0 Å². The van der Waals surface area contributed by atoms with Crippen LogP contribution in [0.15, 0.2) is 41.6 Å². The first-order chi connectivity index (χ1) is 10.3. The van der Waals surface area contributed by atoms with Gasteiger partial charge in [-0.05, 0) is 42.4 Å². The molecule has 1 N–H and O–H groups in total. The Balaban J connectivity index is 2.24. The van der Waals surface area contributed by atoms with Gasteiger partial charge in [-0.2, -0.15) is 13.2 Å². The number of nitrogens with one attached hydrogen (secondary N) is 1. The number of alkyl halides is 3. The van der Waals surface area contributed by atoms with Crippen LogP contribution in [0.2, 0.25) is 5.02 Å². The summed E-state index contributed by atoms with van der Waals surface area (Å²) in [6.07, 6.45) is 2.73. The van der Waals surface area contributed by atoms with Crippen LogP contribution in [0, 0.1) is 6.92 Å². The predicted octanol–water partition coefficient (Wildman–Crippen LogP) is 4.91. The summed E-state index contributed by atoms with van der Waals surface area (Å²) in [7, 11) is 0. The zero-order valence-corrected chi connectivity index (χ0v) is 12.8. The summed E-state index contributed by atoms with van der Waals surface area (Å²) in [4.78, 5) is 15.9. The predicted molar refractivity (Wildman–Crippen MR) is 80.3 cm³/mol. The molecule has 0 saturated heterocycles. The first-order valence-corrected chi connectivity index (χ1v) is 7.23. The second-order valence-corrected chi connectivity index (χ2v) is 5.88. The van der Waals surface area contributed by atoms with Gasteiger partial charge < -0.3 is 5.32 Å². The largest absolute Gasteiger partial charge is 0.446 e. The molecule has 0 aliphatic carbocycles. The molecular weight excluding hydrogens is 337 g/mol. The van der Waals surface area contributed by atoms with Gasteiger partial charge in [0, 0.05) is 23.0 Å². The Morgan fingerprint density at radius 2 is 2.05 bits per heavy atom. The molecule has 0 saturated carbocycles. The number of thioether (sulfide) groups is 1. The molecule has 0 fully saturated rings. The second-order valence-electron chi connectivity index (χ2n) is 4.33. The number of carbonyl (C=O) groups is 1. The minimum atomic E-state index is -4.38. The third kappa shape index (κ3) is 4.38. The molecule has 0 bridgehead atoms. The summed E-state index contributed by atoms with van der Waals surface area (Å²) in [5.41, 5.74) is -3.24. The number of aromatic nitrogens is 1. The maximum Gasteiger partial charge on any atom is 0.446 e. The number of aryl methyl sites for hydroxylation is 1. The van der Waals surface area contributed by atoms with E-state index in [0.29, 0.717) is 11.3 Å². The molecule has 1 heterocycles. The Bertz CT molecular complexity index is 707. The van der Waals surface area contributed by atoms with E-state index in [4.69, 9.17) is 11.6 Å². The first kappa shape index (κ1) is 16.6. The maximum atomic E-state index is 12.4. The van der Waals surface area contributed by atoms with Gasteiger partial charge in [-0.3, -0.25) is 9.78 Å². The maximum absolute atomic E-state index is 12.4. The third-order valence-electron chi connectivity index (χ3n) is 2.71. The van der Waals surface area contributed by atoms with Gasteiger partial charge in [-0.15, -0.1) is 0 Å². The van der Waals surface area contributed by atoms with Gasteiger partial charge in [0.2, 0.25) is 0 Å². The molecule has 22 heavy (non-hydrogen) atoms. The summed E-state index contributed by atoms with van der Waals surface area (Å²) in [5.74, 6) is -0.510. The SMILES string of the molecule is Cc1ccc(SC(F)(F)F)cc1NC(=O)c1ccncc1Cl. The molecule has 2 aromatic rings. The Morgan fingerprint density at radius 1 is 1.32 bits per heavy atom. The van der Waals surface area contributed by atoms with Crippen molar-refractivity contribution in [2.24, 2.45) is 0 Å². The summed E-state index contributed by atoms with van der Waals surface area (Å²) < 4.78 is 37.2. The van der Waals surface area contributed by atoms with Crippen molar-refractivity contribution in [1.29, 1.82) is 0 Å². The highest BCUT2D eigenvalue weighted by atomic mass is 35.5. The number of carbonyl (C=O) groups excluding carboxylic acids is 1. The van der Waals surface area contributed by atoms with Gasteiger partial charge in [-0.1, -0.05) is 17.7 Å². The number of pyridine rings is 1. The fourth-order valence-corrected chi connectivity index (χ4v) is 2.47. The zero-order chi connectivity index (χ0) is 16.3. The average Bonchev–Trinajstić information content (AvgIpc) is 2.41. The Kier molecular flexibility index (Phi) is 4.97. The summed E-state index contributed by atoms with van der Waals surface area (Å²) in [5, 5.41) is 2.73. The Labute approximate surface area is 133 Å². The van der Waals surface area contributed by atoms with Crippen molar-refractivity contribution < 1.29 is 18.0 Å². The fourth-order valence-electron chi connectivity index (χ4n) is 1.68. The molecular formula is C14H10ClF3N2OS. The van der Waals surface area contributed by atoms with E-state index < -0.39 is 11.4 Å². The van der Waals surface area contributed by atoms with Crippen LogP contribution in [0.3, 0.4) is 0 Å². The molecule has 2 rings (SSSR count). The van der Waals surface area contributed by atoms with Crippen molar-refractivity contribution >= 4 is 35.0 Å². The molecule has 8 heteroatoms. The molecule has 1 aromatic carbocycles. The standard InChI is InChI=1S/C14H10ClF3N2OS/c1-8-2-3-9(22-14(16,17)18)6-12(8)20-13(21)10-4-5-19-7-11(10)15/h2-7H,1H3,(H,20,21). The van der Waals surface area contributed by atoms with E-state index in [1.807, 2.05) is 0 Å². The monoisotopic (exact) mass is 346 g/mol. The van der Waals surface area contributed by atoms with E-state index in [-0.39, 0.29) is 27.2 Å². The molecule has 0 aliphatic rings. The van der Waals surface area contributed by atoms with Crippen molar-refractivity contribution in [1.82, 2.24) is 4.98 Å². The minimum absolute atomic E-state index is 0.00535. The van der Waals surface area contributed by atoms with Crippen molar-refractivity contribution in [2.45, 2.75) is 17.3 Å². The second kappa shape index (κ2) is 6.58. The van der Waals surface area contributed by atoms with E-state index in [2.05, 4.69) is 10.3 Å². The van der Waals surface area contributed by atoms with E-state index in [1.165, 1.54) is 36.7 Å². The lowest BCUT2D eigenvalue weighted by Gasteiger charge is -2.12. The van der Waals surface area contributed by atoms with Crippen molar-refractivity contribution in [3.8, 4) is 0 Å². The first-order valence-electron chi connectivity index (χ1n) is 6.03. The smallest absolute Gasteiger partial charge is 0.322 e. The number of amides is 1. The molecule has 0 atom stereocenters. The normalized spacial score (nSPS) is 11.3. The highest BCUT2D eigenvalue weighted by molar-refractivity contribution is 8.00. The topological polar surface area (TPSA) is 42.0 Å². The molecule has 0 unspecified atom stereocenters. The van der Waals surface area contributed by atoms with Gasteiger partial charge in [-0.25, -0.2) is 0 Å². The summed E-state index contributed by atoms with van der Waals surface area (Å²) in [6.45, 7) is 1.69. The number of hydrogen-bond acceptors (Lipinski definition) is 3. The summed E-state index contributed by atoms with van der Waals surface area (Å²) >= 11 is 5.63. The van der Waals surface area contributed by atoms with E-state index in [1.54, 1.807) is 6.92 Å². The third-order valence-corrected chi connectivity index (χ3v) is 3.73. The molecule has 0 spiro atoms. The highest BCUT2D eigenvalue weighted by Gasteiger charge is 2.29. The number of rotatable bonds is 3. The molecule has 1 amide bonds. The quantitative estimate of drug-likeness (QED) is 0.803. The lowest BCUT2D eigenvalue weighted by atomic mass is 10.2. The van der Waals surface area contributed by atoms with E-state index >= 15 is 0 Å². The number of anilines is 1. The lowest BCUT2D eigenvalue weighted by Crippen LogP contribution is -2.13. The fraction of sp³-hybridized carbons (Fsp3) is 0.143. The van der Waals surface area contributed by atoms with Crippen LogP contribution in [0.5, 0.6) is 0 Å². The van der Waals surface area contributed by atoms with Crippen molar-refractivity contribution in [3.05, 3.63) is 52.8 Å². The molecule has 3 nitrogen and oxygen atoms in total. The van der Waals surface area contributed by atoms with Crippen molar-refractivity contribution in [2.75, 3.05) is 5.32 Å². The summed E-state index contributed by atoms with van der Waals surface area (Å²) in [6, 6.07) is 5.57. The van der Waals surface area contributed by atoms with Gasteiger partial charge >= 0.3 is 5.51 Å². The van der Waals surface area contributed by atoms with Crippen molar-refractivity contribution in [3.63, 3.8) is 0 Å². The molecule has 0 radical (unpaired) electrons. The van der Waals surface area contributed by atoms with Gasteiger partial charge in [0.05, 0.1) is 10.6 Å². The average molecular weight is 347 g/mol. The van der Waals surface area contributed by atoms with E-state index in [0.717, 1.165) is 0 Å². The molecule has 1 aromatic heterocycles. The van der Waals surface area contributed by atoms with Crippen LogP contribution in [0.25, 0.3) is 0 Å². The van der Waals surface area contributed by atoms with Gasteiger partial charge in [0.1, 0.15) is 0 Å². The Hall–Kier alpha value is -1.73. The van der Waals surface area contributed by atoms with Gasteiger partial charge in [0.15, 0.2) is 0 Å². The van der Waals surface area contributed by atoms with Gasteiger partial charge in [0.25, 0.3) is 5.91 Å².